The molecule has 0 radical (unpaired) electrons. The zero-order valence-corrected chi connectivity index (χ0v) is 15.8. The van der Waals surface area contributed by atoms with Gasteiger partial charge in [0.1, 0.15) is 5.75 Å². The Labute approximate surface area is 163 Å². The van der Waals surface area contributed by atoms with E-state index in [1.165, 1.54) is 6.92 Å². The molecule has 3 aromatic rings. The largest absolute Gasteiger partial charge is 0.497 e. The van der Waals surface area contributed by atoms with Gasteiger partial charge in [-0.3, -0.25) is 9.59 Å². The van der Waals surface area contributed by atoms with Crippen molar-refractivity contribution in [1.82, 2.24) is 20.2 Å². The van der Waals surface area contributed by atoms with Crippen molar-refractivity contribution in [1.29, 1.82) is 0 Å². The van der Waals surface area contributed by atoms with E-state index < -0.39 is 0 Å². The smallest absolute Gasteiger partial charge is 0.253 e. The molecule has 0 aliphatic rings. The third-order valence-corrected chi connectivity index (χ3v) is 4.19. The predicted molar refractivity (Wildman–Crippen MR) is 105 cm³/mol. The lowest BCUT2D eigenvalue weighted by Crippen LogP contribution is -2.24. The van der Waals surface area contributed by atoms with Crippen LogP contribution in [0.5, 0.6) is 5.75 Å². The number of amides is 2. The maximum atomic E-state index is 12.7. The standard InChI is InChI=1S/C21H22N4O3/c1-15(26)22-12-17-13-25(14-24-17)20-6-4-3-5-19(20)21(27)23-11-16-7-9-18(28-2)10-8-16/h3-10,13-14H,11-12H2,1-2H3,(H,22,26)(H,23,27). The van der Waals surface area contributed by atoms with Gasteiger partial charge in [-0.25, -0.2) is 4.98 Å². The minimum absolute atomic E-state index is 0.118. The molecule has 0 spiro atoms. The van der Waals surface area contributed by atoms with Crippen LogP contribution in [0.25, 0.3) is 5.69 Å². The summed E-state index contributed by atoms with van der Waals surface area (Å²) >= 11 is 0. The van der Waals surface area contributed by atoms with Crippen LogP contribution in [-0.2, 0) is 17.9 Å². The molecule has 0 aliphatic carbocycles. The van der Waals surface area contributed by atoms with Gasteiger partial charge in [0.2, 0.25) is 5.91 Å². The summed E-state index contributed by atoms with van der Waals surface area (Å²) in [6, 6.07) is 14.8. The van der Waals surface area contributed by atoms with Gasteiger partial charge in [-0.2, -0.15) is 0 Å². The number of ether oxygens (including phenoxy) is 1. The van der Waals surface area contributed by atoms with E-state index in [-0.39, 0.29) is 11.8 Å². The fraction of sp³-hybridized carbons (Fsp3) is 0.190. The highest BCUT2D eigenvalue weighted by Crippen LogP contribution is 2.16. The molecule has 2 N–H and O–H groups in total. The minimum Gasteiger partial charge on any atom is -0.497 e. The van der Waals surface area contributed by atoms with Crippen molar-refractivity contribution in [3.05, 3.63) is 77.9 Å². The topological polar surface area (TPSA) is 85.2 Å². The normalized spacial score (nSPS) is 10.4. The summed E-state index contributed by atoms with van der Waals surface area (Å²) in [7, 11) is 1.62. The van der Waals surface area contributed by atoms with Gasteiger partial charge >= 0.3 is 0 Å². The summed E-state index contributed by atoms with van der Waals surface area (Å²) < 4.78 is 6.92. The van der Waals surface area contributed by atoms with Crippen LogP contribution in [0.15, 0.2) is 61.1 Å². The summed E-state index contributed by atoms with van der Waals surface area (Å²) in [5.41, 5.74) is 2.95. The molecule has 3 rings (SSSR count). The summed E-state index contributed by atoms with van der Waals surface area (Å²) in [6.07, 6.45) is 3.43. The van der Waals surface area contributed by atoms with Crippen molar-refractivity contribution in [2.45, 2.75) is 20.0 Å². The molecular formula is C21H22N4O3. The highest BCUT2D eigenvalue weighted by molar-refractivity contribution is 5.97. The SMILES string of the molecule is COc1ccc(CNC(=O)c2ccccc2-n2cnc(CNC(C)=O)c2)cc1. The molecule has 2 aromatic carbocycles. The first-order valence-electron chi connectivity index (χ1n) is 8.84. The number of carbonyl (C=O) groups excluding carboxylic acids is 2. The highest BCUT2D eigenvalue weighted by Gasteiger charge is 2.13. The molecule has 0 saturated carbocycles. The molecule has 0 bridgehead atoms. The molecule has 0 atom stereocenters. The molecule has 1 aromatic heterocycles. The number of hydrogen-bond acceptors (Lipinski definition) is 4. The zero-order chi connectivity index (χ0) is 19.9. The lowest BCUT2D eigenvalue weighted by atomic mass is 10.1. The van der Waals surface area contributed by atoms with Gasteiger partial charge in [-0.15, -0.1) is 0 Å². The van der Waals surface area contributed by atoms with E-state index >= 15 is 0 Å². The Kier molecular flexibility index (Phi) is 6.06. The first-order valence-corrected chi connectivity index (χ1v) is 8.84. The van der Waals surface area contributed by atoms with Gasteiger partial charge < -0.3 is 19.9 Å². The average Bonchev–Trinajstić information content (AvgIpc) is 3.20. The summed E-state index contributed by atoms with van der Waals surface area (Å²) in [6.45, 7) is 2.21. The highest BCUT2D eigenvalue weighted by atomic mass is 16.5. The van der Waals surface area contributed by atoms with Crippen molar-refractivity contribution < 1.29 is 14.3 Å². The van der Waals surface area contributed by atoms with E-state index in [9.17, 15) is 9.59 Å². The third-order valence-electron chi connectivity index (χ3n) is 4.19. The van der Waals surface area contributed by atoms with Crippen LogP contribution in [0.1, 0.15) is 28.5 Å². The van der Waals surface area contributed by atoms with Gasteiger partial charge in [0.25, 0.3) is 5.91 Å². The lowest BCUT2D eigenvalue weighted by Gasteiger charge is -2.11. The third kappa shape index (κ3) is 4.76. The molecule has 7 nitrogen and oxygen atoms in total. The van der Waals surface area contributed by atoms with E-state index in [2.05, 4.69) is 15.6 Å². The number of benzene rings is 2. The minimum atomic E-state index is -0.177. The first kappa shape index (κ1) is 19.2. The van der Waals surface area contributed by atoms with Crippen LogP contribution >= 0.6 is 0 Å². The number of methoxy groups -OCH3 is 1. The molecule has 2 amide bonds. The fourth-order valence-corrected chi connectivity index (χ4v) is 2.71. The van der Waals surface area contributed by atoms with Crippen molar-refractivity contribution >= 4 is 11.8 Å². The number of hydrogen-bond donors (Lipinski definition) is 2. The van der Waals surface area contributed by atoms with Crippen LogP contribution in [0, 0.1) is 0 Å². The number of nitrogens with zero attached hydrogens (tertiary/aromatic N) is 2. The Bertz CT molecular complexity index is 964. The predicted octanol–water partition coefficient (Wildman–Crippen LogP) is 2.45. The van der Waals surface area contributed by atoms with Gasteiger partial charge in [-0.05, 0) is 29.8 Å². The van der Waals surface area contributed by atoms with E-state index in [0.29, 0.717) is 24.3 Å². The molecule has 0 aliphatic heterocycles. The number of carbonyl (C=O) groups is 2. The summed E-state index contributed by atoms with van der Waals surface area (Å²) in [5, 5.41) is 5.65. The molecule has 0 unspecified atom stereocenters. The molecule has 144 valence electrons. The summed E-state index contributed by atoms with van der Waals surface area (Å²) in [4.78, 5) is 28.1. The van der Waals surface area contributed by atoms with Crippen LogP contribution < -0.4 is 15.4 Å². The number of nitrogens with one attached hydrogen (secondary N) is 2. The Morgan fingerprint density at radius 3 is 2.50 bits per heavy atom. The van der Waals surface area contributed by atoms with Crippen LogP contribution in [-0.4, -0.2) is 28.5 Å². The monoisotopic (exact) mass is 378 g/mol. The molecule has 7 heteroatoms. The first-order chi connectivity index (χ1) is 13.6. The summed E-state index contributed by atoms with van der Waals surface area (Å²) in [5.74, 6) is 0.479. The molecule has 1 heterocycles. The maximum Gasteiger partial charge on any atom is 0.253 e. The Balaban J connectivity index is 1.72. The maximum absolute atomic E-state index is 12.7. The Morgan fingerprint density at radius 2 is 1.79 bits per heavy atom. The zero-order valence-electron chi connectivity index (χ0n) is 15.8. The quantitative estimate of drug-likeness (QED) is 0.661. The van der Waals surface area contributed by atoms with Crippen molar-refractivity contribution in [3.8, 4) is 11.4 Å². The second-order valence-electron chi connectivity index (χ2n) is 6.23. The molecule has 28 heavy (non-hydrogen) atoms. The Hall–Kier alpha value is -3.61. The molecule has 0 fully saturated rings. The van der Waals surface area contributed by atoms with E-state index in [1.807, 2.05) is 42.5 Å². The number of rotatable bonds is 7. The van der Waals surface area contributed by atoms with Gasteiger partial charge in [0.15, 0.2) is 0 Å². The van der Waals surface area contributed by atoms with Crippen molar-refractivity contribution in [3.63, 3.8) is 0 Å². The molecule has 0 saturated heterocycles. The van der Waals surface area contributed by atoms with E-state index in [0.717, 1.165) is 17.0 Å². The second kappa shape index (κ2) is 8.85. The second-order valence-corrected chi connectivity index (χ2v) is 6.23. The van der Waals surface area contributed by atoms with Gasteiger partial charge in [0.05, 0.1) is 36.9 Å². The van der Waals surface area contributed by atoms with Crippen LogP contribution in [0.2, 0.25) is 0 Å². The average molecular weight is 378 g/mol. The van der Waals surface area contributed by atoms with E-state index in [4.69, 9.17) is 4.74 Å². The lowest BCUT2D eigenvalue weighted by molar-refractivity contribution is -0.119. The number of para-hydroxylation sites is 1. The fourth-order valence-electron chi connectivity index (χ4n) is 2.71. The number of imidazole rings is 1. The van der Waals surface area contributed by atoms with Crippen LogP contribution in [0.3, 0.4) is 0 Å². The van der Waals surface area contributed by atoms with Gasteiger partial charge in [0, 0.05) is 19.7 Å². The Morgan fingerprint density at radius 1 is 1.04 bits per heavy atom. The van der Waals surface area contributed by atoms with E-state index in [1.54, 1.807) is 30.3 Å². The van der Waals surface area contributed by atoms with Gasteiger partial charge in [-0.1, -0.05) is 24.3 Å². The number of aromatic nitrogens is 2. The van der Waals surface area contributed by atoms with Crippen molar-refractivity contribution in [2.24, 2.45) is 0 Å². The van der Waals surface area contributed by atoms with Crippen LogP contribution in [0.4, 0.5) is 0 Å². The van der Waals surface area contributed by atoms with Crippen molar-refractivity contribution in [2.75, 3.05) is 7.11 Å². The molecular weight excluding hydrogens is 356 g/mol.